The molecule has 0 aromatic rings. The van der Waals surface area contributed by atoms with Crippen LogP contribution in [-0.4, -0.2) is 29.7 Å². The van der Waals surface area contributed by atoms with Gasteiger partial charge in [-0.15, -0.1) is 0 Å². The van der Waals surface area contributed by atoms with E-state index in [4.69, 9.17) is 9.47 Å². The minimum atomic E-state index is -0.273. The Kier molecular flexibility index (Phi) is 4.97. The fourth-order valence-corrected chi connectivity index (χ4v) is 10.6. The number of fused-ring (bicyclic) bond motifs is 7. The first-order chi connectivity index (χ1) is 14.8. The summed E-state index contributed by atoms with van der Waals surface area (Å²) >= 11 is 0. The lowest BCUT2D eigenvalue weighted by Crippen LogP contribution is -2.55. The number of hydrogen-bond acceptors (Lipinski definition) is 3. The lowest BCUT2D eigenvalue weighted by atomic mass is 9.44. The van der Waals surface area contributed by atoms with Crippen LogP contribution in [0.25, 0.3) is 0 Å². The van der Waals surface area contributed by atoms with Crippen molar-refractivity contribution in [2.45, 2.75) is 116 Å². The second-order valence-electron chi connectivity index (χ2n) is 13.3. The maximum absolute atomic E-state index is 10.3. The van der Waals surface area contributed by atoms with Crippen molar-refractivity contribution in [2.24, 2.45) is 52.3 Å². The van der Waals surface area contributed by atoms with E-state index in [0.717, 1.165) is 49.5 Å². The fraction of sp³-hybridized carbons (Fsp3) is 1.00. The van der Waals surface area contributed by atoms with Crippen LogP contribution in [0, 0.1) is 52.3 Å². The minimum Gasteiger partial charge on any atom is -0.393 e. The van der Waals surface area contributed by atoms with Crippen LogP contribution in [-0.2, 0) is 9.47 Å². The highest BCUT2D eigenvalue weighted by Crippen LogP contribution is 2.71. The van der Waals surface area contributed by atoms with Gasteiger partial charge in [0.2, 0.25) is 0 Å². The molecule has 6 rings (SSSR count). The third kappa shape index (κ3) is 2.88. The van der Waals surface area contributed by atoms with Gasteiger partial charge in [0.25, 0.3) is 0 Å². The second kappa shape index (κ2) is 7.19. The van der Waals surface area contributed by atoms with Gasteiger partial charge in [-0.25, -0.2) is 0 Å². The van der Waals surface area contributed by atoms with Gasteiger partial charge in [0.15, 0.2) is 5.79 Å². The molecular formula is C28H46O3. The molecule has 2 aliphatic heterocycles. The zero-order valence-corrected chi connectivity index (χ0v) is 20.4. The lowest BCUT2D eigenvalue weighted by molar-refractivity contribution is -0.275. The second-order valence-corrected chi connectivity index (χ2v) is 13.3. The third-order valence-electron chi connectivity index (χ3n) is 12.1. The molecule has 1 spiro atoms. The van der Waals surface area contributed by atoms with Crippen LogP contribution in [0.4, 0.5) is 0 Å². The maximum Gasteiger partial charge on any atom is 0.171 e. The highest BCUT2D eigenvalue weighted by molar-refractivity contribution is 5.15. The van der Waals surface area contributed by atoms with Gasteiger partial charge in [-0.2, -0.15) is 0 Å². The van der Waals surface area contributed by atoms with E-state index in [0.29, 0.717) is 34.7 Å². The molecule has 4 unspecified atom stereocenters. The molecule has 0 aromatic carbocycles. The molecule has 4 saturated carbocycles. The number of rotatable bonds is 1. The number of ether oxygens (including phenoxy) is 2. The number of aliphatic hydroxyl groups excluding tert-OH is 1. The monoisotopic (exact) mass is 430 g/mol. The molecule has 6 fully saturated rings. The van der Waals surface area contributed by atoms with Crippen molar-refractivity contribution in [1.82, 2.24) is 0 Å². The summed E-state index contributed by atoms with van der Waals surface area (Å²) in [5.41, 5.74) is 0.899. The maximum atomic E-state index is 10.3. The van der Waals surface area contributed by atoms with Gasteiger partial charge in [0.05, 0.1) is 18.8 Å². The summed E-state index contributed by atoms with van der Waals surface area (Å²) in [4.78, 5) is 0. The molecule has 0 aromatic heterocycles. The van der Waals surface area contributed by atoms with Crippen LogP contribution >= 0.6 is 0 Å². The van der Waals surface area contributed by atoms with Crippen LogP contribution in [0.2, 0.25) is 0 Å². The van der Waals surface area contributed by atoms with E-state index in [-0.39, 0.29) is 11.9 Å². The largest absolute Gasteiger partial charge is 0.393 e. The molecule has 31 heavy (non-hydrogen) atoms. The molecule has 2 heterocycles. The molecule has 176 valence electrons. The van der Waals surface area contributed by atoms with Crippen LogP contribution in [0.15, 0.2) is 0 Å². The first kappa shape index (κ1) is 21.4. The molecule has 0 amide bonds. The van der Waals surface area contributed by atoms with Crippen molar-refractivity contribution in [3.63, 3.8) is 0 Å². The fourth-order valence-electron chi connectivity index (χ4n) is 10.6. The average Bonchev–Trinajstić information content (AvgIpc) is 3.21. The Morgan fingerprint density at radius 2 is 1.71 bits per heavy atom. The van der Waals surface area contributed by atoms with E-state index in [9.17, 15) is 5.11 Å². The van der Waals surface area contributed by atoms with Crippen molar-refractivity contribution in [3.05, 3.63) is 0 Å². The number of hydrogen-bond donors (Lipinski definition) is 1. The van der Waals surface area contributed by atoms with Gasteiger partial charge in [-0.05, 0) is 111 Å². The molecule has 6 aliphatic rings. The Morgan fingerprint density at radius 3 is 2.45 bits per heavy atom. The standard InChI is InChI=1S/C28H46O3/c1-5-21-25-24(31-28(21)13-8-17(2)16-30-28)15-23-20-7-6-18-14-19(29)9-11-26(18,3)22(20)10-12-27(23,25)4/h17-25,29H,5-16H2,1-4H3/t17-,18+,19+,20+,21-,22?,23?,24?,25?,26-,27-,28+/m0/s1. The van der Waals surface area contributed by atoms with Crippen LogP contribution in [0.5, 0.6) is 0 Å². The Labute approximate surface area is 190 Å². The topological polar surface area (TPSA) is 38.7 Å². The molecule has 4 aliphatic carbocycles. The Bertz CT molecular complexity index is 698. The summed E-state index contributed by atoms with van der Waals surface area (Å²) in [6, 6.07) is 0. The van der Waals surface area contributed by atoms with Crippen LogP contribution < -0.4 is 0 Å². The predicted molar refractivity (Wildman–Crippen MR) is 122 cm³/mol. The van der Waals surface area contributed by atoms with Crippen molar-refractivity contribution in [1.29, 1.82) is 0 Å². The van der Waals surface area contributed by atoms with Gasteiger partial charge in [-0.1, -0.05) is 27.7 Å². The molecular weight excluding hydrogens is 384 g/mol. The molecule has 0 bridgehead atoms. The smallest absolute Gasteiger partial charge is 0.171 e. The summed E-state index contributed by atoms with van der Waals surface area (Å²) in [6.07, 6.45) is 14.1. The SMILES string of the molecule is CC[C@H]1C2C(CC3[C@@H]4CC[C@@H]5C[C@H](O)CC[C@]5(C)C4CC[C@@]32C)O[C@]12CC[C@H](C)CO2. The van der Waals surface area contributed by atoms with Gasteiger partial charge in [0.1, 0.15) is 0 Å². The van der Waals surface area contributed by atoms with E-state index in [1.807, 2.05) is 0 Å². The van der Waals surface area contributed by atoms with Crippen molar-refractivity contribution in [2.75, 3.05) is 6.61 Å². The van der Waals surface area contributed by atoms with E-state index in [2.05, 4.69) is 27.7 Å². The highest BCUT2D eigenvalue weighted by Gasteiger charge is 2.69. The summed E-state index contributed by atoms with van der Waals surface area (Å²) in [7, 11) is 0. The molecule has 2 saturated heterocycles. The van der Waals surface area contributed by atoms with E-state index in [1.165, 1.54) is 51.4 Å². The number of aliphatic hydroxyl groups is 1. The first-order valence-electron chi connectivity index (χ1n) is 13.8. The predicted octanol–water partition coefficient (Wildman–Crippen LogP) is 6.18. The van der Waals surface area contributed by atoms with Crippen molar-refractivity contribution < 1.29 is 14.6 Å². The summed E-state index contributed by atoms with van der Waals surface area (Å²) in [5, 5.41) is 10.3. The van der Waals surface area contributed by atoms with Crippen molar-refractivity contribution >= 4 is 0 Å². The van der Waals surface area contributed by atoms with E-state index < -0.39 is 0 Å². The van der Waals surface area contributed by atoms with E-state index >= 15 is 0 Å². The minimum absolute atomic E-state index is 0.0394. The zero-order chi connectivity index (χ0) is 21.6. The Morgan fingerprint density at radius 1 is 0.903 bits per heavy atom. The van der Waals surface area contributed by atoms with Crippen LogP contribution in [0.1, 0.15) is 98.3 Å². The van der Waals surface area contributed by atoms with Gasteiger partial charge >= 0.3 is 0 Å². The van der Waals surface area contributed by atoms with Crippen LogP contribution in [0.3, 0.4) is 0 Å². The molecule has 12 atom stereocenters. The van der Waals surface area contributed by atoms with Gasteiger partial charge in [0, 0.05) is 12.3 Å². The Balaban J connectivity index is 1.27. The third-order valence-corrected chi connectivity index (χ3v) is 12.1. The molecule has 3 nitrogen and oxygen atoms in total. The van der Waals surface area contributed by atoms with E-state index in [1.54, 1.807) is 0 Å². The normalized spacial score (nSPS) is 60.9. The van der Waals surface area contributed by atoms with Gasteiger partial charge < -0.3 is 14.6 Å². The Hall–Kier alpha value is -0.120. The molecule has 0 radical (unpaired) electrons. The summed E-state index contributed by atoms with van der Waals surface area (Å²) in [5.74, 6) is 5.01. The summed E-state index contributed by atoms with van der Waals surface area (Å²) < 4.78 is 13.6. The molecule has 1 N–H and O–H groups in total. The summed E-state index contributed by atoms with van der Waals surface area (Å²) in [6.45, 7) is 10.9. The zero-order valence-electron chi connectivity index (χ0n) is 20.4. The highest BCUT2D eigenvalue weighted by atomic mass is 16.7. The molecule has 3 heteroatoms. The first-order valence-corrected chi connectivity index (χ1v) is 13.8. The average molecular weight is 431 g/mol. The van der Waals surface area contributed by atoms with Gasteiger partial charge in [-0.3, -0.25) is 0 Å². The van der Waals surface area contributed by atoms with Crippen molar-refractivity contribution in [3.8, 4) is 0 Å². The lowest BCUT2D eigenvalue weighted by Gasteiger charge is -2.61. The quantitative estimate of drug-likeness (QED) is 0.539.